The quantitative estimate of drug-likeness (QED) is 0.860. The van der Waals surface area contributed by atoms with E-state index in [-0.39, 0.29) is 12.2 Å². The normalized spacial score (nSPS) is 40.8. The molecule has 0 aromatic heterocycles. The van der Waals surface area contributed by atoms with Crippen LogP contribution in [0.3, 0.4) is 0 Å². The minimum atomic E-state index is -0.350. The van der Waals surface area contributed by atoms with Gasteiger partial charge in [0.05, 0.1) is 18.8 Å². The molecule has 0 spiro atoms. The molecule has 3 saturated carbocycles. The summed E-state index contributed by atoms with van der Waals surface area (Å²) in [6.07, 6.45) is 4.15. The van der Waals surface area contributed by atoms with Gasteiger partial charge in [-0.3, -0.25) is 5.32 Å². The van der Waals surface area contributed by atoms with Gasteiger partial charge in [0.1, 0.15) is 11.9 Å². The molecular formula is C19H23NO4. The van der Waals surface area contributed by atoms with Gasteiger partial charge in [0.2, 0.25) is 0 Å². The van der Waals surface area contributed by atoms with E-state index in [2.05, 4.69) is 5.32 Å². The van der Waals surface area contributed by atoms with Gasteiger partial charge in [-0.05, 0) is 62.0 Å². The van der Waals surface area contributed by atoms with Crippen molar-refractivity contribution in [1.29, 1.82) is 0 Å². The van der Waals surface area contributed by atoms with E-state index in [0.29, 0.717) is 42.3 Å². The van der Waals surface area contributed by atoms with E-state index < -0.39 is 0 Å². The van der Waals surface area contributed by atoms with Gasteiger partial charge in [-0.2, -0.15) is 0 Å². The average molecular weight is 329 g/mol. The zero-order chi connectivity index (χ0) is 16.3. The van der Waals surface area contributed by atoms with Crippen LogP contribution in [-0.2, 0) is 9.47 Å². The largest absolute Gasteiger partial charge is 0.494 e. The van der Waals surface area contributed by atoms with Crippen LogP contribution < -0.4 is 10.1 Å². The second-order valence-electron chi connectivity index (χ2n) is 7.54. The summed E-state index contributed by atoms with van der Waals surface area (Å²) in [6, 6.07) is 7.42. The first-order chi connectivity index (χ1) is 11.7. The van der Waals surface area contributed by atoms with E-state index in [9.17, 15) is 4.79 Å². The van der Waals surface area contributed by atoms with E-state index in [4.69, 9.17) is 14.2 Å². The summed E-state index contributed by atoms with van der Waals surface area (Å²) in [7, 11) is 0. The number of hydrogen-bond donors (Lipinski definition) is 1. The summed E-state index contributed by atoms with van der Waals surface area (Å²) in [4.78, 5) is 12.3. The van der Waals surface area contributed by atoms with Gasteiger partial charge in [-0.15, -0.1) is 0 Å². The highest BCUT2D eigenvalue weighted by Gasteiger charge is 2.67. The van der Waals surface area contributed by atoms with Crippen LogP contribution in [0.5, 0.6) is 5.75 Å². The number of benzene rings is 1. The molecule has 0 radical (unpaired) electrons. The fourth-order valence-electron chi connectivity index (χ4n) is 5.52. The lowest BCUT2D eigenvalue weighted by molar-refractivity contribution is 0.0251. The van der Waals surface area contributed by atoms with Gasteiger partial charge in [0, 0.05) is 11.8 Å². The van der Waals surface area contributed by atoms with Gasteiger partial charge in [-0.1, -0.05) is 6.07 Å². The van der Waals surface area contributed by atoms with Crippen molar-refractivity contribution in [3.8, 4) is 5.75 Å². The molecular weight excluding hydrogens is 306 g/mol. The van der Waals surface area contributed by atoms with Crippen LogP contribution in [0.25, 0.3) is 0 Å². The number of fused-ring (bicyclic) bond motifs is 7. The summed E-state index contributed by atoms with van der Waals surface area (Å²) in [5, 5.41) is 2.84. The Morgan fingerprint density at radius 3 is 3.08 bits per heavy atom. The van der Waals surface area contributed by atoms with E-state index in [1.165, 1.54) is 12.8 Å². The third-order valence-corrected chi connectivity index (χ3v) is 6.33. The van der Waals surface area contributed by atoms with Crippen LogP contribution >= 0.6 is 0 Å². The van der Waals surface area contributed by atoms with Gasteiger partial charge in [0.15, 0.2) is 0 Å². The summed E-state index contributed by atoms with van der Waals surface area (Å²) in [5.41, 5.74) is 0.711. The SMILES string of the molecule is CCOc1cccc(NC(=O)O[C@@H]2C[C@H]3C[C@H]2[C@@H]2C[C@@H]4O[C@H]4[C@@H]32)c1. The molecule has 24 heavy (non-hydrogen) atoms. The first-order valence-electron chi connectivity index (χ1n) is 9.09. The number of carbonyl (C=O) groups excluding carboxylic acids is 1. The highest BCUT2D eigenvalue weighted by atomic mass is 16.6. The molecule has 1 aromatic rings. The lowest BCUT2D eigenvalue weighted by atomic mass is 9.79. The average Bonchev–Trinajstić information content (AvgIpc) is 2.92. The summed E-state index contributed by atoms with van der Waals surface area (Å²) in [6.45, 7) is 2.54. The molecule has 128 valence electrons. The van der Waals surface area contributed by atoms with Crippen molar-refractivity contribution in [2.75, 3.05) is 11.9 Å². The molecule has 7 atom stereocenters. The van der Waals surface area contributed by atoms with Crippen molar-refractivity contribution in [2.45, 2.75) is 44.5 Å². The number of amides is 1. The lowest BCUT2D eigenvalue weighted by Crippen LogP contribution is -2.35. The number of hydrogen-bond acceptors (Lipinski definition) is 4. The smallest absolute Gasteiger partial charge is 0.411 e. The van der Waals surface area contributed by atoms with E-state index >= 15 is 0 Å². The van der Waals surface area contributed by atoms with E-state index in [1.54, 1.807) is 0 Å². The maximum Gasteiger partial charge on any atom is 0.411 e. The number of carbonyl (C=O) groups is 1. The Labute approximate surface area is 141 Å². The number of rotatable bonds is 4. The third kappa shape index (κ3) is 2.29. The molecule has 5 rings (SSSR count). The van der Waals surface area contributed by atoms with Crippen molar-refractivity contribution in [1.82, 2.24) is 0 Å². The molecule has 3 aliphatic carbocycles. The first-order valence-corrected chi connectivity index (χ1v) is 9.09. The van der Waals surface area contributed by atoms with Gasteiger partial charge >= 0.3 is 6.09 Å². The molecule has 2 bridgehead atoms. The molecule has 1 N–H and O–H groups in total. The van der Waals surface area contributed by atoms with Gasteiger partial charge in [-0.25, -0.2) is 4.79 Å². The van der Waals surface area contributed by atoms with Crippen LogP contribution in [0.2, 0.25) is 0 Å². The minimum absolute atomic E-state index is 0.0730. The Kier molecular flexibility index (Phi) is 3.27. The Bertz CT molecular complexity index is 663. The zero-order valence-electron chi connectivity index (χ0n) is 13.8. The number of ether oxygens (including phenoxy) is 3. The molecule has 1 heterocycles. The molecule has 1 aliphatic heterocycles. The minimum Gasteiger partial charge on any atom is -0.494 e. The van der Waals surface area contributed by atoms with Gasteiger partial charge in [0.25, 0.3) is 0 Å². The Balaban J connectivity index is 1.20. The molecule has 1 saturated heterocycles. The fraction of sp³-hybridized carbons (Fsp3) is 0.632. The Hall–Kier alpha value is -1.75. The van der Waals surface area contributed by atoms with Crippen LogP contribution in [-0.4, -0.2) is 31.0 Å². The molecule has 5 nitrogen and oxygen atoms in total. The second kappa shape index (κ2) is 5.38. The molecule has 4 aliphatic rings. The first kappa shape index (κ1) is 14.6. The highest BCUT2D eigenvalue weighted by molar-refractivity contribution is 5.85. The number of anilines is 1. The van der Waals surface area contributed by atoms with E-state index in [0.717, 1.165) is 18.1 Å². The molecule has 0 unspecified atom stereocenters. The second-order valence-corrected chi connectivity index (χ2v) is 7.54. The van der Waals surface area contributed by atoms with Crippen molar-refractivity contribution in [2.24, 2.45) is 23.7 Å². The predicted octanol–water partition coefficient (Wildman–Crippen LogP) is 3.45. The molecule has 5 heteroatoms. The summed E-state index contributed by atoms with van der Waals surface area (Å²) in [5.74, 6) is 3.44. The standard InChI is InChI=1S/C19H23NO4/c1-2-22-12-5-3-4-11(8-12)20-19(21)24-15-7-10-6-13(15)14-9-16-18(23-16)17(10)14/h3-5,8,10,13-18H,2,6-7,9H2,1H3,(H,20,21)/t10-,13+,14+,15-,16+,17+,18-/m1/s1. The van der Waals surface area contributed by atoms with Gasteiger partial charge < -0.3 is 14.2 Å². The van der Waals surface area contributed by atoms with Crippen molar-refractivity contribution in [3.05, 3.63) is 24.3 Å². The summed E-state index contributed by atoms with van der Waals surface area (Å²) < 4.78 is 16.9. The number of nitrogens with one attached hydrogen (secondary N) is 1. The topological polar surface area (TPSA) is 60.1 Å². The Morgan fingerprint density at radius 2 is 2.21 bits per heavy atom. The fourth-order valence-corrected chi connectivity index (χ4v) is 5.52. The van der Waals surface area contributed by atoms with Crippen LogP contribution in [0.4, 0.5) is 10.5 Å². The molecule has 1 amide bonds. The third-order valence-electron chi connectivity index (χ3n) is 6.33. The predicted molar refractivity (Wildman–Crippen MR) is 88.0 cm³/mol. The Morgan fingerprint density at radius 1 is 1.29 bits per heavy atom. The van der Waals surface area contributed by atoms with Crippen LogP contribution in [0, 0.1) is 23.7 Å². The molecule has 1 aromatic carbocycles. The maximum atomic E-state index is 12.3. The zero-order valence-corrected chi connectivity index (χ0v) is 13.8. The van der Waals surface area contributed by atoms with Crippen molar-refractivity contribution < 1.29 is 19.0 Å². The van der Waals surface area contributed by atoms with Crippen molar-refractivity contribution >= 4 is 11.8 Å². The monoisotopic (exact) mass is 329 g/mol. The highest BCUT2D eigenvalue weighted by Crippen LogP contribution is 2.64. The van der Waals surface area contributed by atoms with Crippen LogP contribution in [0.1, 0.15) is 26.2 Å². The lowest BCUT2D eigenvalue weighted by Gasteiger charge is -2.32. The summed E-state index contributed by atoms with van der Waals surface area (Å²) >= 11 is 0. The maximum absolute atomic E-state index is 12.3. The molecule has 4 fully saturated rings. The van der Waals surface area contributed by atoms with Crippen molar-refractivity contribution in [3.63, 3.8) is 0 Å². The number of epoxide rings is 1. The van der Waals surface area contributed by atoms with E-state index in [1.807, 2.05) is 31.2 Å². The van der Waals surface area contributed by atoms with Crippen LogP contribution in [0.15, 0.2) is 24.3 Å².